The van der Waals surface area contributed by atoms with E-state index in [0.29, 0.717) is 5.92 Å². The zero-order valence-electron chi connectivity index (χ0n) is 14.8. The van der Waals surface area contributed by atoms with Crippen LogP contribution in [-0.4, -0.2) is 49.8 Å². The first-order valence-corrected chi connectivity index (χ1v) is 8.98. The molecule has 6 nitrogen and oxygen atoms in total. The van der Waals surface area contributed by atoms with Gasteiger partial charge in [-0.25, -0.2) is 14.6 Å². The number of likely N-dealkylation sites (N-methyl/N-ethyl adjacent to an activating group) is 1. The van der Waals surface area contributed by atoms with Crippen LogP contribution in [0.1, 0.15) is 31.5 Å². The molecule has 130 valence electrons. The minimum atomic E-state index is 0.429. The Kier molecular flexibility index (Phi) is 4.36. The lowest BCUT2D eigenvalue weighted by Gasteiger charge is -2.27. The summed E-state index contributed by atoms with van der Waals surface area (Å²) in [6.45, 7) is 5.14. The quantitative estimate of drug-likeness (QED) is 0.795. The molecule has 0 radical (unpaired) electrons. The molecule has 2 aromatic heterocycles. The molecule has 1 unspecified atom stereocenters. The van der Waals surface area contributed by atoms with Gasteiger partial charge < -0.3 is 9.88 Å². The van der Waals surface area contributed by atoms with Crippen molar-refractivity contribution >= 4 is 0 Å². The Balaban J connectivity index is 1.69. The molecule has 4 rings (SSSR count). The summed E-state index contributed by atoms with van der Waals surface area (Å²) in [5, 5.41) is 4.81. The second-order valence-electron chi connectivity index (χ2n) is 6.73. The van der Waals surface area contributed by atoms with E-state index in [9.17, 15) is 0 Å². The van der Waals surface area contributed by atoms with Gasteiger partial charge in [-0.2, -0.15) is 5.10 Å². The van der Waals surface area contributed by atoms with Crippen LogP contribution in [0, 0.1) is 0 Å². The van der Waals surface area contributed by atoms with Crippen molar-refractivity contribution in [2.45, 2.75) is 32.2 Å². The largest absolute Gasteiger partial charge is 0.345 e. The molecule has 1 atom stereocenters. The van der Waals surface area contributed by atoms with Gasteiger partial charge in [-0.1, -0.05) is 18.2 Å². The number of benzene rings is 1. The number of H-pyrrole nitrogens is 1. The maximum absolute atomic E-state index is 4.93. The van der Waals surface area contributed by atoms with Gasteiger partial charge in [-0.3, -0.25) is 0 Å². The summed E-state index contributed by atoms with van der Waals surface area (Å²) in [5.41, 5.74) is 2.14. The third-order valence-corrected chi connectivity index (χ3v) is 4.87. The van der Waals surface area contributed by atoms with E-state index in [2.05, 4.69) is 53.1 Å². The van der Waals surface area contributed by atoms with E-state index in [4.69, 9.17) is 10.1 Å². The molecular formula is C19H24N6. The summed E-state index contributed by atoms with van der Waals surface area (Å²) in [6.07, 6.45) is 6.00. The molecule has 0 bridgehead atoms. The van der Waals surface area contributed by atoms with Gasteiger partial charge in [0, 0.05) is 42.5 Å². The Morgan fingerprint density at radius 1 is 1.28 bits per heavy atom. The van der Waals surface area contributed by atoms with Crippen molar-refractivity contribution in [2.75, 3.05) is 20.1 Å². The topological polar surface area (TPSA) is 62.6 Å². The molecule has 0 saturated carbocycles. The molecule has 3 aromatic rings. The van der Waals surface area contributed by atoms with E-state index in [0.717, 1.165) is 41.7 Å². The average Bonchev–Trinajstić information content (AvgIpc) is 3.32. The highest BCUT2D eigenvalue weighted by Gasteiger charge is 2.24. The number of aromatic amines is 1. The van der Waals surface area contributed by atoms with Crippen molar-refractivity contribution in [1.29, 1.82) is 0 Å². The molecular weight excluding hydrogens is 312 g/mol. The SMILES string of the molecule is CCn1nc(C2CCCN(C)C2)nc1-c1cccc(-c2ncc[nH]2)c1. The molecule has 1 aliphatic rings. The van der Waals surface area contributed by atoms with E-state index in [1.807, 2.05) is 10.9 Å². The molecule has 6 heteroatoms. The van der Waals surface area contributed by atoms with Crippen LogP contribution < -0.4 is 0 Å². The van der Waals surface area contributed by atoms with E-state index in [-0.39, 0.29) is 0 Å². The average molecular weight is 336 g/mol. The lowest BCUT2D eigenvalue weighted by atomic mass is 9.98. The fourth-order valence-corrected chi connectivity index (χ4v) is 3.57. The van der Waals surface area contributed by atoms with Crippen molar-refractivity contribution in [3.63, 3.8) is 0 Å². The molecule has 3 heterocycles. The Hall–Kier alpha value is -2.47. The smallest absolute Gasteiger partial charge is 0.158 e. The zero-order valence-corrected chi connectivity index (χ0v) is 14.8. The molecule has 25 heavy (non-hydrogen) atoms. The van der Waals surface area contributed by atoms with Gasteiger partial charge in [0.2, 0.25) is 0 Å². The van der Waals surface area contributed by atoms with E-state index < -0.39 is 0 Å². The van der Waals surface area contributed by atoms with Crippen molar-refractivity contribution in [3.05, 3.63) is 42.5 Å². The van der Waals surface area contributed by atoms with Gasteiger partial charge in [-0.15, -0.1) is 0 Å². The highest BCUT2D eigenvalue weighted by atomic mass is 15.3. The molecule has 0 amide bonds. The van der Waals surface area contributed by atoms with Crippen LogP contribution in [0.15, 0.2) is 36.7 Å². The summed E-state index contributed by atoms with van der Waals surface area (Å²) in [6, 6.07) is 8.34. The number of hydrogen-bond donors (Lipinski definition) is 1. The zero-order chi connectivity index (χ0) is 17.2. The first-order chi connectivity index (χ1) is 12.2. The Morgan fingerprint density at radius 2 is 2.16 bits per heavy atom. The van der Waals surface area contributed by atoms with Crippen LogP contribution >= 0.6 is 0 Å². The summed E-state index contributed by atoms with van der Waals surface area (Å²) in [4.78, 5) is 14.8. The van der Waals surface area contributed by atoms with Crippen molar-refractivity contribution in [2.24, 2.45) is 0 Å². The minimum absolute atomic E-state index is 0.429. The monoisotopic (exact) mass is 336 g/mol. The molecule has 1 N–H and O–H groups in total. The van der Waals surface area contributed by atoms with Crippen LogP contribution in [0.4, 0.5) is 0 Å². The second kappa shape index (κ2) is 6.80. The summed E-state index contributed by atoms with van der Waals surface area (Å²) in [5.74, 6) is 3.23. The molecule has 1 aliphatic heterocycles. The van der Waals surface area contributed by atoms with E-state index in [1.165, 1.54) is 19.4 Å². The van der Waals surface area contributed by atoms with Gasteiger partial charge in [-0.05, 0) is 39.4 Å². The fraction of sp³-hybridized carbons (Fsp3) is 0.421. The van der Waals surface area contributed by atoms with Crippen molar-refractivity contribution < 1.29 is 0 Å². The summed E-state index contributed by atoms with van der Waals surface area (Å²) in [7, 11) is 2.18. The first-order valence-electron chi connectivity index (χ1n) is 8.98. The van der Waals surface area contributed by atoms with Crippen LogP contribution in [-0.2, 0) is 6.54 Å². The molecule has 0 spiro atoms. The van der Waals surface area contributed by atoms with Crippen LogP contribution in [0.25, 0.3) is 22.8 Å². The normalized spacial score (nSPS) is 18.6. The van der Waals surface area contributed by atoms with Crippen molar-refractivity contribution in [1.82, 2.24) is 29.6 Å². The van der Waals surface area contributed by atoms with E-state index in [1.54, 1.807) is 6.20 Å². The number of likely N-dealkylation sites (tertiary alicyclic amines) is 1. The predicted octanol–water partition coefficient (Wildman–Crippen LogP) is 3.16. The number of piperidine rings is 1. The third kappa shape index (κ3) is 3.22. The van der Waals surface area contributed by atoms with Crippen molar-refractivity contribution in [3.8, 4) is 22.8 Å². The van der Waals surface area contributed by atoms with E-state index >= 15 is 0 Å². The van der Waals surface area contributed by atoms with Gasteiger partial charge in [0.15, 0.2) is 11.6 Å². The van der Waals surface area contributed by atoms with Crippen LogP contribution in [0.5, 0.6) is 0 Å². The number of aromatic nitrogens is 5. The fourth-order valence-electron chi connectivity index (χ4n) is 3.57. The molecule has 1 fully saturated rings. The number of imidazole rings is 1. The lowest BCUT2D eigenvalue weighted by Crippen LogP contribution is -2.31. The third-order valence-electron chi connectivity index (χ3n) is 4.87. The maximum Gasteiger partial charge on any atom is 0.158 e. The predicted molar refractivity (Wildman–Crippen MR) is 98.2 cm³/mol. The van der Waals surface area contributed by atoms with Gasteiger partial charge in [0.05, 0.1) is 0 Å². The number of aryl methyl sites for hydroxylation is 1. The number of nitrogens with one attached hydrogen (secondary N) is 1. The standard InChI is InChI=1S/C19H24N6/c1-3-25-19(22-18(23-25)16-8-5-11-24(2)13-16)15-7-4-6-14(12-15)17-20-9-10-21-17/h4,6-7,9-10,12,16H,3,5,8,11,13H2,1-2H3,(H,20,21). The van der Waals surface area contributed by atoms with Crippen LogP contribution in [0.2, 0.25) is 0 Å². The highest BCUT2D eigenvalue weighted by molar-refractivity contribution is 5.66. The maximum atomic E-state index is 4.93. The Labute approximate surface area is 147 Å². The second-order valence-corrected chi connectivity index (χ2v) is 6.73. The number of rotatable bonds is 4. The first kappa shape index (κ1) is 16.0. The minimum Gasteiger partial charge on any atom is -0.345 e. The van der Waals surface area contributed by atoms with Gasteiger partial charge >= 0.3 is 0 Å². The number of nitrogens with zero attached hydrogens (tertiary/aromatic N) is 5. The molecule has 1 saturated heterocycles. The van der Waals surface area contributed by atoms with Crippen LogP contribution in [0.3, 0.4) is 0 Å². The Bertz CT molecular complexity index is 835. The summed E-state index contributed by atoms with van der Waals surface area (Å²) >= 11 is 0. The highest BCUT2D eigenvalue weighted by Crippen LogP contribution is 2.28. The lowest BCUT2D eigenvalue weighted by molar-refractivity contribution is 0.245. The van der Waals surface area contributed by atoms with Gasteiger partial charge in [0.1, 0.15) is 5.82 Å². The van der Waals surface area contributed by atoms with Gasteiger partial charge in [0.25, 0.3) is 0 Å². The number of hydrogen-bond acceptors (Lipinski definition) is 4. The summed E-state index contributed by atoms with van der Waals surface area (Å²) < 4.78 is 2.02. The Morgan fingerprint density at radius 3 is 2.92 bits per heavy atom. The molecule has 1 aromatic carbocycles. The molecule has 0 aliphatic carbocycles.